The SMILES string of the molecule is CC.COc1ccnc(C)c1Br. The highest BCUT2D eigenvalue weighted by Gasteiger charge is 2.00. The summed E-state index contributed by atoms with van der Waals surface area (Å²) in [6.45, 7) is 5.92. The third-order valence-corrected chi connectivity index (χ3v) is 2.21. The van der Waals surface area contributed by atoms with E-state index in [9.17, 15) is 0 Å². The fourth-order valence-corrected chi connectivity index (χ4v) is 1.08. The minimum atomic E-state index is 0.826. The van der Waals surface area contributed by atoms with E-state index in [1.807, 2.05) is 26.8 Å². The molecule has 1 heterocycles. The Bertz CT molecular complexity index is 238. The largest absolute Gasteiger partial charge is 0.495 e. The fourth-order valence-electron chi connectivity index (χ4n) is 0.683. The zero-order chi connectivity index (χ0) is 9.56. The van der Waals surface area contributed by atoms with Crippen molar-refractivity contribution in [1.82, 2.24) is 4.98 Å². The van der Waals surface area contributed by atoms with E-state index >= 15 is 0 Å². The van der Waals surface area contributed by atoms with Crippen LogP contribution in [0.5, 0.6) is 5.75 Å². The van der Waals surface area contributed by atoms with Gasteiger partial charge in [0.25, 0.3) is 0 Å². The van der Waals surface area contributed by atoms with Crippen LogP contribution in [0, 0.1) is 6.92 Å². The maximum Gasteiger partial charge on any atom is 0.136 e. The number of halogens is 1. The van der Waals surface area contributed by atoms with Crippen molar-refractivity contribution in [3.05, 3.63) is 22.4 Å². The Hall–Kier alpha value is -0.570. The van der Waals surface area contributed by atoms with Gasteiger partial charge in [-0.1, -0.05) is 13.8 Å². The molecule has 12 heavy (non-hydrogen) atoms. The predicted molar refractivity (Wildman–Crippen MR) is 54.6 cm³/mol. The number of hydrogen-bond acceptors (Lipinski definition) is 2. The van der Waals surface area contributed by atoms with Gasteiger partial charge in [-0.3, -0.25) is 4.98 Å². The maximum atomic E-state index is 5.04. The standard InChI is InChI=1S/C7H8BrNO.C2H6/c1-5-7(8)6(10-2)3-4-9-5;1-2/h3-4H,1-2H3;1-2H3. The van der Waals surface area contributed by atoms with Crippen LogP contribution < -0.4 is 4.74 Å². The first-order valence-electron chi connectivity index (χ1n) is 3.91. The first-order valence-corrected chi connectivity index (χ1v) is 4.70. The number of methoxy groups -OCH3 is 1. The molecular weight excluding hydrogens is 218 g/mol. The molecule has 0 aliphatic carbocycles. The summed E-state index contributed by atoms with van der Waals surface area (Å²) in [5.41, 5.74) is 0.944. The first kappa shape index (κ1) is 11.4. The molecule has 0 aliphatic rings. The van der Waals surface area contributed by atoms with E-state index in [1.165, 1.54) is 0 Å². The second-order valence-electron chi connectivity index (χ2n) is 1.91. The van der Waals surface area contributed by atoms with Crippen LogP contribution in [0.4, 0.5) is 0 Å². The summed E-state index contributed by atoms with van der Waals surface area (Å²) in [5.74, 6) is 0.826. The molecule has 0 atom stereocenters. The van der Waals surface area contributed by atoms with Gasteiger partial charge in [-0.05, 0) is 28.9 Å². The average molecular weight is 232 g/mol. The van der Waals surface area contributed by atoms with Crippen molar-refractivity contribution in [2.24, 2.45) is 0 Å². The molecule has 1 aromatic rings. The molecule has 0 unspecified atom stereocenters. The molecule has 0 aliphatic heterocycles. The van der Waals surface area contributed by atoms with E-state index in [4.69, 9.17) is 4.74 Å². The van der Waals surface area contributed by atoms with Crippen molar-refractivity contribution in [2.75, 3.05) is 7.11 Å². The Labute approximate surface area is 82.1 Å². The molecular formula is C9H14BrNO. The molecule has 1 aromatic heterocycles. The van der Waals surface area contributed by atoms with Gasteiger partial charge in [0.2, 0.25) is 0 Å². The number of aryl methyl sites for hydroxylation is 1. The Morgan fingerprint density at radius 3 is 2.42 bits per heavy atom. The minimum absolute atomic E-state index is 0.826. The van der Waals surface area contributed by atoms with Gasteiger partial charge in [-0.25, -0.2) is 0 Å². The third kappa shape index (κ3) is 2.81. The average Bonchev–Trinajstić information content (AvgIpc) is 2.13. The number of pyridine rings is 1. The summed E-state index contributed by atoms with van der Waals surface area (Å²) in [7, 11) is 1.64. The smallest absolute Gasteiger partial charge is 0.136 e. The molecule has 3 heteroatoms. The highest BCUT2D eigenvalue weighted by molar-refractivity contribution is 9.10. The zero-order valence-corrected chi connectivity index (χ0v) is 9.47. The Balaban J connectivity index is 0.000000561. The van der Waals surface area contributed by atoms with Crippen LogP contribution in [0.1, 0.15) is 19.5 Å². The summed E-state index contributed by atoms with van der Waals surface area (Å²) in [6, 6.07) is 1.82. The van der Waals surface area contributed by atoms with Crippen LogP contribution in [0.25, 0.3) is 0 Å². The monoisotopic (exact) mass is 231 g/mol. The second kappa shape index (κ2) is 6.00. The van der Waals surface area contributed by atoms with Gasteiger partial charge in [0.15, 0.2) is 0 Å². The fraction of sp³-hybridized carbons (Fsp3) is 0.444. The van der Waals surface area contributed by atoms with Crippen LogP contribution in [0.2, 0.25) is 0 Å². The summed E-state index contributed by atoms with van der Waals surface area (Å²) >= 11 is 3.35. The Kier molecular flexibility index (Phi) is 5.72. The van der Waals surface area contributed by atoms with Crippen LogP contribution >= 0.6 is 15.9 Å². The molecule has 0 aromatic carbocycles. The summed E-state index contributed by atoms with van der Waals surface area (Å²) in [5, 5.41) is 0. The zero-order valence-electron chi connectivity index (χ0n) is 7.89. The van der Waals surface area contributed by atoms with Gasteiger partial charge in [-0.15, -0.1) is 0 Å². The summed E-state index contributed by atoms with van der Waals surface area (Å²) in [4.78, 5) is 4.06. The van der Waals surface area contributed by atoms with Gasteiger partial charge in [0.05, 0.1) is 17.3 Å². The first-order chi connectivity index (χ1) is 5.75. The van der Waals surface area contributed by atoms with Crippen molar-refractivity contribution in [2.45, 2.75) is 20.8 Å². The van der Waals surface area contributed by atoms with Crippen molar-refractivity contribution >= 4 is 15.9 Å². The number of nitrogens with zero attached hydrogens (tertiary/aromatic N) is 1. The molecule has 0 bridgehead atoms. The molecule has 0 saturated heterocycles. The van der Waals surface area contributed by atoms with Crippen molar-refractivity contribution in [1.29, 1.82) is 0 Å². The highest BCUT2D eigenvalue weighted by Crippen LogP contribution is 2.25. The molecule has 0 fully saturated rings. The lowest BCUT2D eigenvalue weighted by atomic mass is 10.4. The molecule has 0 saturated carbocycles. The van der Waals surface area contributed by atoms with E-state index in [2.05, 4.69) is 20.9 Å². The van der Waals surface area contributed by atoms with E-state index < -0.39 is 0 Å². The second-order valence-corrected chi connectivity index (χ2v) is 2.71. The third-order valence-electron chi connectivity index (χ3n) is 1.25. The molecule has 0 N–H and O–H groups in total. The Morgan fingerprint density at radius 1 is 1.42 bits per heavy atom. The summed E-state index contributed by atoms with van der Waals surface area (Å²) in [6.07, 6.45) is 1.72. The van der Waals surface area contributed by atoms with Crippen LogP contribution in [0.3, 0.4) is 0 Å². The van der Waals surface area contributed by atoms with E-state index in [0.717, 1.165) is 15.9 Å². The highest BCUT2D eigenvalue weighted by atomic mass is 79.9. The van der Waals surface area contributed by atoms with Crippen LogP contribution in [-0.2, 0) is 0 Å². The van der Waals surface area contributed by atoms with Crippen LogP contribution in [-0.4, -0.2) is 12.1 Å². The number of hydrogen-bond donors (Lipinski definition) is 0. The van der Waals surface area contributed by atoms with Crippen LogP contribution in [0.15, 0.2) is 16.7 Å². The van der Waals surface area contributed by atoms with Crippen molar-refractivity contribution in [3.63, 3.8) is 0 Å². The van der Waals surface area contributed by atoms with Gasteiger partial charge < -0.3 is 4.74 Å². The summed E-state index contributed by atoms with van der Waals surface area (Å²) < 4.78 is 5.97. The lowest BCUT2D eigenvalue weighted by molar-refractivity contribution is 0.411. The van der Waals surface area contributed by atoms with Crippen molar-refractivity contribution in [3.8, 4) is 5.75 Å². The van der Waals surface area contributed by atoms with E-state index in [0.29, 0.717) is 0 Å². The molecule has 0 spiro atoms. The van der Waals surface area contributed by atoms with Crippen molar-refractivity contribution < 1.29 is 4.74 Å². The number of aromatic nitrogens is 1. The minimum Gasteiger partial charge on any atom is -0.495 e. The maximum absolute atomic E-state index is 5.04. The predicted octanol–water partition coefficient (Wildman–Crippen LogP) is 3.19. The molecule has 0 amide bonds. The molecule has 0 radical (unpaired) electrons. The van der Waals surface area contributed by atoms with Gasteiger partial charge in [0, 0.05) is 6.20 Å². The molecule has 1 rings (SSSR count). The molecule has 2 nitrogen and oxygen atoms in total. The number of rotatable bonds is 1. The number of ether oxygens (including phenoxy) is 1. The van der Waals surface area contributed by atoms with E-state index in [1.54, 1.807) is 13.3 Å². The van der Waals surface area contributed by atoms with Gasteiger partial charge in [0.1, 0.15) is 5.75 Å². The Morgan fingerprint density at radius 2 is 2.00 bits per heavy atom. The van der Waals surface area contributed by atoms with E-state index in [-0.39, 0.29) is 0 Å². The molecule has 68 valence electrons. The van der Waals surface area contributed by atoms with Gasteiger partial charge in [-0.2, -0.15) is 0 Å². The lowest BCUT2D eigenvalue weighted by Crippen LogP contribution is -1.88. The quantitative estimate of drug-likeness (QED) is 0.741. The topological polar surface area (TPSA) is 22.1 Å². The lowest BCUT2D eigenvalue weighted by Gasteiger charge is -2.02. The van der Waals surface area contributed by atoms with Gasteiger partial charge >= 0.3 is 0 Å². The normalized spacial score (nSPS) is 8.42.